The molecule has 7 nitrogen and oxygen atoms in total. The van der Waals surface area contributed by atoms with Crippen LogP contribution in [0.15, 0.2) is 36.5 Å². The first-order chi connectivity index (χ1) is 14.6. The summed E-state index contributed by atoms with van der Waals surface area (Å²) in [5.41, 5.74) is 1.09. The molecule has 0 spiro atoms. The zero-order chi connectivity index (χ0) is 20.9. The molecule has 2 aromatic rings. The Morgan fingerprint density at radius 1 is 1.20 bits per heavy atom. The van der Waals surface area contributed by atoms with Gasteiger partial charge in [0.05, 0.1) is 12.2 Å². The minimum atomic E-state index is -0.293. The lowest BCUT2D eigenvalue weighted by atomic mass is 10.0. The van der Waals surface area contributed by atoms with Crippen LogP contribution in [0.1, 0.15) is 25.5 Å². The van der Waals surface area contributed by atoms with E-state index in [2.05, 4.69) is 23.0 Å². The number of carbonyl (C=O) groups is 1. The molecule has 162 valence electrons. The number of morpholine rings is 1. The Hall–Kier alpha value is -2.45. The summed E-state index contributed by atoms with van der Waals surface area (Å²) < 4.78 is 26.3. The highest BCUT2D eigenvalue weighted by molar-refractivity contribution is 5.78. The number of hydrogen-bond acceptors (Lipinski definition) is 5. The van der Waals surface area contributed by atoms with Crippen LogP contribution in [0.3, 0.4) is 0 Å². The summed E-state index contributed by atoms with van der Waals surface area (Å²) in [6, 6.07) is 8.24. The predicted octanol–water partition coefficient (Wildman–Crippen LogP) is 2.31. The van der Waals surface area contributed by atoms with Crippen molar-refractivity contribution in [3.63, 3.8) is 0 Å². The van der Waals surface area contributed by atoms with E-state index in [4.69, 9.17) is 9.47 Å². The van der Waals surface area contributed by atoms with Gasteiger partial charge in [-0.05, 0) is 50.1 Å². The summed E-state index contributed by atoms with van der Waals surface area (Å²) in [5, 5.41) is 4.56. The summed E-state index contributed by atoms with van der Waals surface area (Å²) in [4.78, 5) is 16.8. The molecule has 0 aliphatic carbocycles. The summed E-state index contributed by atoms with van der Waals surface area (Å²) in [6.07, 6.45) is 3.74. The number of hydrogen-bond donors (Lipinski definition) is 0. The minimum Gasteiger partial charge on any atom is -0.491 e. The van der Waals surface area contributed by atoms with Crippen molar-refractivity contribution in [1.29, 1.82) is 0 Å². The van der Waals surface area contributed by atoms with Crippen LogP contribution in [0.5, 0.6) is 5.75 Å². The number of nitrogens with zero attached hydrogens (tertiary/aromatic N) is 4. The standard InChI is InChI=1S/C22H29FN4O3/c1-2-26-12-7-18(24-26)13-25-10-8-19(9-11-25)27-14-21(30-16-22(27)28)15-29-20-5-3-17(23)4-6-20/h3-7,12,19,21H,2,8-11,13-16H2,1H3/t21-/m0/s1. The summed E-state index contributed by atoms with van der Waals surface area (Å²) in [7, 11) is 0. The van der Waals surface area contributed by atoms with Crippen molar-refractivity contribution in [2.45, 2.75) is 45.0 Å². The fourth-order valence-corrected chi connectivity index (χ4v) is 4.10. The molecule has 1 amide bonds. The molecular weight excluding hydrogens is 387 g/mol. The molecular formula is C22H29FN4O3. The van der Waals surface area contributed by atoms with E-state index in [-0.39, 0.29) is 30.5 Å². The fourth-order valence-electron chi connectivity index (χ4n) is 4.10. The molecule has 1 atom stereocenters. The molecule has 0 radical (unpaired) electrons. The van der Waals surface area contributed by atoms with Crippen LogP contribution in [-0.4, -0.2) is 70.5 Å². The van der Waals surface area contributed by atoms with Crippen molar-refractivity contribution in [2.24, 2.45) is 0 Å². The van der Waals surface area contributed by atoms with Gasteiger partial charge in [0.2, 0.25) is 5.91 Å². The van der Waals surface area contributed by atoms with Crippen LogP contribution in [0.25, 0.3) is 0 Å². The molecule has 2 aliphatic heterocycles. The Kier molecular flexibility index (Phi) is 6.64. The monoisotopic (exact) mass is 416 g/mol. The van der Waals surface area contributed by atoms with E-state index >= 15 is 0 Å². The third-order valence-corrected chi connectivity index (χ3v) is 5.82. The van der Waals surface area contributed by atoms with Gasteiger partial charge in [-0.2, -0.15) is 5.10 Å². The molecule has 0 bridgehead atoms. The number of aromatic nitrogens is 2. The average Bonchev–Trinajstić information content (AvgIpc) is 3.22. The first kappa shape index (κ1) is 20.8. The number of halogens is 1. The van der Waals surface area contributed by atoms with E-state index in [0.29, 0.717) is 18.9 Å². The zero-order valence-electron chi connectivity index (χ0n) is 17.4. The van der Waals surface area contributed by atoms with E-state index in [1.807, 2.05) is 15.8 Å². The molecule has 0 N–H and O–H groups in total. The Labute approximate surface area is 176 Å². The lowest BCUT2D eigenvalue weighted by Gasteiger charge is -2.42. The van der Waals surface area contributed by atoms with Gasteiger partial charge in [0, 0.05) is 38.4 Å². The normalized spacial score (nSPS) is 21.2. The van der Waals surface area contributed by atoms with Gasteiger partial charge in [0.15, 0.2) is 0 Å². The van der Waals surface area contributed by atoms with E-state index in [1.165, 1.54) is 12.1 Å². The Morgan fingerprint density at radius 3 is 2.67 bits per heavy atom. The van der Waals surface area contributed by atoms with E-state index in [1.54, 1.807) is 12.1 Å². The highest BCUT2D eigenvalue weighted by atomic mass is 19.1. The zero-order valence-corrected chi connectivity index (χ0v) is 17.4. The molecule has 30 heavy (non-hydrogen) atoms. The number of aryl methyl sites for hydroxylation is 1. The molecule has 8 heteroatoms. The van der Waals surface area contributed by atoms with Crippen LogP contribution >= 0.6 is 0 Å². The van der Waals surface area contributed by atoms with Crippen molar-refractivity contribution >= 4 is 5.91 Å². The SMILES string of the molecule is CCn1ccc(CN2CCC(N3C[C@@H](COc4ccc(F)cc4)OCC3=O)CC2)n1. The van der Waals surface area contributed by atoms with E-state index in [0.717, 1.165) is 44.7 Å². The molecule has 2 fully saturated rings. The second-order valence-corrected chi connectivity index (χ2v) is 7.91. The van der Waals surface area contributed by atoms with Crippen molar-refractivity contribution in [3.8, 4) is 5.75 Å². The number of amides is 1. The predicted molar refractivity (Wildman–Crippen MR) is 110 cm³/mol. The number of ether oxygens (including phenoxy) is 2. The van der Waals surface area contributed by atoms with Crippen LogP contribution in [0.2, 0.25) is 0 Å². The van der Waals surface area contributed by atoms with Gasteiger partial charge >= 0.3 is 0 Å². The van der Waals surface area contributed by atoms with Gasteiger partial charge in [-0.1, -0.05) is 0 Å². The van der Waals surface area contributed by atoms with Crippen LogP contribution in [0.4, 0.5) is 4.39 Å². The van der Waals surface area contributed by atoms with Crippen LogP contribution in [-0.2, 0) is 22.6 Å². The molecule has 1 aromatic carbocycles. The molecule has 4 rings (SSSR count). The maximum Gasteiger partial charge on any atom is 0.248 e. The minimum absolute atomic E-state index is 0.0492. The summed E-state index contributed by atoms with van der Waals surface area (Å²) >= 11 is 0. The molecule has 2 saturated heterocycles. The number of benzene rings is 1. The third-order valence-electron chi connectivity index (χ3n) is 5.82. The fraction of sp³-hybridized carbons (Fsp3) is 0.545. The number of likely N-dealkylation sites (tertiary alicyclic amines) is 1. The number of piperidine rings is 1. The molecule has 0 saturated carbocycles. The largest absolute Gasteiger partial charge is 0.491 e. The average molecular weight is 416 g/mol. The maximum absolute atomic E-state index is 13.0. The Bertz CT molecular complexity index is 833. The first-order valence-electron chi connectivity index (χ1n) is 10.6. The lowest BCUT2D eigenvalue weighted by Crippen LogP contribution is -2.55. The van der Waals surface area contributed by atoms with Crippen molar-refractivity contribution < 1.29 is 18.7 Å². The van der Waals surface area contributed by atoms with E-state index in [9.17, 15) is 9.18 Å². The van der Waals surface area contributed by atoms with Crippen molar-refractivity contribution in [1.82, 2.24) is 19.6 Å². The number of rotatable bonds is 7. The van der Waals surface area contributed by atoms with Crippen LogP contribution in [0, 0.1) is 5.82 Å². The lowest BCUT2D eigenvalue weighted by molar-refractivity contribution is -0.155. The van der Waals surface area contributed by atoms with E-state index < -0.39 is 0 Å². The van der Waals surface area contributed by atoms with Gasteiger partial charge in [0.25, 0.3) is 0 Å². The highest BCUT2D eigenvalue weighted by Gasteiger charge is 2.33. The molecule has 3 heterocycles. The van der Waals surface area contributed by atoms with Gasteiger partial charge < -0.3 is 14.4 Å². The second-order valence-electron chi connectivity index (χ2n) is 7.91. The summed E-state index contributed by atoms with van der Waals surface area (Å²) in [5.74, 6) is 0.355. The van der Waals surface area contributed by atoms with Gasteiger partial charge in [-0.3, -0.25) is 14.4 Å². The molecule has 1 aromatic heterocycles. The Morgan fingerprint density at radius 2 is 1.97 bits per heavy atom. The summed E-state index contributed by atoms with van der Waals surface area (Å²) in [6.45, 7) is 6.68. The third kappa shape index (κ3) is 5.17. The topological polar surface area (TPSA) is 59.8 Å². The molecule has 0 unspecified atom stereocenters. The Balaban J connectivity index is 1.25. The van der Waals surface area contributed by atoms with Gasteiger partial charge in [-0.25, -0.2) is 4.39 Å². The number of carbonyl (C=O) groups excluding carboxylic acids is 1. The first-order valence-corrected chi connectivity index (χ1v) is 10.6. The quantitative estimate of drug-likeness (QED) is 0.693. The van der Waals surface area contributed by atoms with Gasteiger partial charge in [0.1, 0.15) is 30.9 Å². The highest BCUT2D eigenvalue weighted by Crippen LogP contribution is 2.22. The maximum atomic E-state index is 13.0. The van der Waals surface area contributed by atoms with Crippen LogP contribution < -0.4 is 4.74 Å². The van der Waals surface area contributed by atoms with Crippen molar-refractivity contribution in [2.75, 3.05) is 32.8 Å². The van der Waals surface area contributed by atoms with Gasteiger partial charge in [-0.15, -0.1) is 0 Å². The smallest absolute Gasteiger partial charge is 0.248 e. The molecule has 2 aliphatic rings. The van der Waals surface area contributed by atoms with Crippen molar-refractivity contribution in [3.05, 3.63) is 48.0 Å². The second kappa shape index (κ2) is 9.57.